The van der Waals surface area contributed by atoms with Crippen molar-refractivity contribution in [3.8, 4) is 11.8 Å². The molecule has 0 radical (unpaired) electrons. The van der Waals surface area contributed by atoms with Crippen molar-refractivity contribution < 1.29 is 19.1 Å². The van der Waals surface area contributed by atoms with Gasteiger partial charge >= 0.3 is 6.09 Å². The highest BCUT2D eigenvalue weighted by Crippen LogP contribution is 2.59. The second-order valence-electron chi connectivity index (χ2n) is 16.0. The van der Waals surface area contributed by atoms with Gasteiger partial charge in [0.15, 0.2) is 5.69 Å². The van der Waals surface area contributed by atoms with Gasteiger partial charge in [-0.3, -0.25) is 9.69 Å². The fourth-order valence-corrected chi connectivity index (χ4v) is 8.81. The van der Waals surface area contributed by atoms with Crippen LogP contribution in [0.3, 0.4) is 0 Å². The Hall–Kier alpha value is -3.62. The number of carbonyl (C=O) groups excluding carboxylic acids is 2. The molecular formula is C36H48ClN7O4. The van der Waals surface area contributed by atoms with Gasteiger partial charge in [0, 0.05) is 68.8 Å². The van der Waals surface area contributed by atoms with E-state index in [1.165, 1.54) is 0 Å². The van der Waals surface area contributed by atoms with Crippen LogP contribution >= 0.6 is 11.6 Å². The van der Waals surface area contributed by atoms with E-state index in [-0.39, 0.29) is 35.0 Å². The highest BCUT2D eigenvalue weighted by Gasteiger charge is 2.67. The molecule has 2 amide bonds. The minimum absolute atomic E-state index is 0.0828. The fraction of sp³-hybridized carbons (Fsp3) is 0.639. The van der Waals surface area contributed by atoms with Crippen LogP contribution in [0.2, 0.25) is 5.02 Å². The largest absolute Gasteiger partial charge is 0.489 e. The third-order valence-electron chi connectivity index (χ3n) is 10.5. The SMILES string of the molecule is CC(C)(C)OC(=O)N1CCN(CC2CCN(c3cnc4c(n3)CN(C3C(C)(C)C(Oc5ccc(C#N)c(Cl)c5)C3(C)C)C4=O)CC2)CC1. The molecule has 1 saturated carbocycles. The number of piperazine rings is 1. The molecule has 3 fully saturated rings. The van der Waals surface area contributed by atoms with Gasteiger partial charge in [0.2, 0.25) is 0 Å². The van der Waals surface area contributed by atoms with Crippen LogP contribution in [-0.4, -0.2) is 100 Å². The minimum Gasteiger partial charge on any atom is -0.489 e. The van der Waals surface area contributed by atoms with Gasteiger partial charge in [-0.1, -0.05) is 39.3 Å². The van der Waals surface area contributed by atoms with Crippen LogP contribution in [0.4, 0.5) is 10.6 Å². The highest BCUT2D eigenvalue weighted by molar-refractivity contribution is 6.31. The van der Waals surface area contributed by atoms with E-state index in [0.29, 0.717) is 47.6 Å². The fourth-order valence-electron chi connectivity index (χ4n) is 8.60. The van der Waals surface area contributed by atoms with Crippen LogP contribution in [0.25, 0.3) is 0 Å². The van der Waals surface area contributed by atoms with Gasteiger partial charge in [-0.05, 0) is 51.7 Å². The molecule has 12 heteroatoms. The van der Waals surface area contributed by atoms with Crippen LogP contribution in [0.1, 0.15) is 83.1 Å². The van der Waals surface area contributed by atoms with Gasteiger partial charge < -0.3 is 24.2 Å². The topological polar surface area (TPSA) is 115 Å². The number of aromatic nitrogens is 2. The molecule has 48 heavy (non-hydrogen) atoms. The zero-order valence-corrected chi connectivity index (χ0v) is 30.0. The Morgan fingerprint density at radius 3 is 2.33 bits per heavy atom. The Morgan fingerprint density at radius 1 is 1.06 bits per heavy atom. The van der Waals surface area contributed by atoms with Crippen molar-refractivity contribution in [3.05, 3.63) is 46.4 Å². The molecule has 2 aromatic rings. The number of carbonyl (C=O) groups is 2. The van der Waals surface area contributed by atoms with Gasteiger partial charge in [-0.2, -0.15) is 5.26 Å². The molecule has 11 nitrogen and oxygen atoms in total. The predicted molar refractivity (Wildman–Crippen MR) is 183 cm³/mol. The molecule has 0 bridgehead atoms. The number of nitrogens with zero attached hydrogens (tertiary/aromatic N) is 7. The lowest BCUT2D eigenvalue weighted by molar-refractivity contribution is -0.199. The molecule has 1 aromatic heterocycles. The summed E-state index contributed by atoms with van der Waals surface area (Å²) in [5.74, 6) is 1.95. The van der Waals surface area contributed by atoms with E-state index in [4.69, 9.17) is 26.1 Å². The molecule has 1 aliphatic carbocycles. The van der Waals surface area contributed by atoms with Crippen molar-refractivity contribution in [2.24, 2.45) is 16.7 Å². The van der Waals surface area contributed by atoms with Crippen LogP contribution in [-0.2, 0) is 11.3 Å². The van der Waals surface area contributed by atoms with Crippen molar-refractivity contribution in [2.45, 2.75) is 85.6 Å². The van der Waals surface area contributed by atoms with E-state index >= 15 is 0 Å². The summed E-state index contributed by atoms with van der Waals surface area (Å²) in [6.45, 7) is 20.6. The number of hydrogen-bond acceptors (Lipinski definition) is 9. The molecular weight excluding hydrogens is 630 g/mol. The molecule has 1 aromatic carbocycles. The zero-order chi connectivity index (χ0) is 34.6. The molecule has 3 aliphatic heterocycles. The number of amides is 2. The second-order valence-corrected chi connectivity index (χ2v) is 16.4. The van der Waals surface area contributed by atoms with E-state index < -0.39 is 5.60 Å². The quantitative estimate of drug-likeness (QED) is 0.385. The number of benzene rings is 1. The first-order chi connectivity index (χ1) is 22.6. The average Bonchev–Trinajstić information content (AvgIpc) is 3.33. The number of ether oxygens (including phenoxy) is 2. The lowest BCUT2D eigenvalue weighted by atomic mass is 9.49. The minimum atomic E-state index is -0.478. The first-order valence-corrected chi connectivity index (χ1v) is 17.4. The van der Waals surface area contributed by atoms with Gasteiger partial charge in [0.05, 0.1) is 29.0 Å². The molecule has 258 valence electrons. The van der Waals surface area contributed by atoms with Crippen molar-refractivity contribution >= 4 is 29.4 Å². The van der Waals surface area contributed by atoms with E-state index in [9.17, 15) is 14.9 Å². The van der Waals surface area contributed by atoms with Gasteiger partial charge in [0.1, 0.15) is 29.3 Å². The number of hydrogen-bond donors (Lipinski definition) is 0. The second kappa shape index (κ2) is 12.7. The molecule has 2 saturated heterocycles. The molecule has 0 unspecified atom stereocenters. The smallest absolute Gasteiger partial charge is 0.410 e. The number of piperidine rings is 1. The normalized spacial score (nSPS) is 24.1. The van der Waals surface area contributed by atoms with Crippen molar-refractivity contribution in [2.75, 3.05) is 50.7 Å². The molecule has 6 rings (SSSR count). The van der Waals surface area contributed by atoms with Crippen LogP contribution in [0.5, 0.6) is 5.75 Å². The van der Waals surface area contributed by atoms with Gasteiger partial charge in [0.25, 0.3) is 5.91 Å². The summed E-state index contributed by atoms with van der Waals surface area (Å²) in [4.78, 5) is 44.3. The number of fused-ring (bicyclic) bond motifs is 1. The Morgan fingerprint density at radius 2 is 1.73 bits per heavy atom. The first-order valence-electron chi connectivity index (χ1n) is 17.1. The third-order valence-corrected chi connectivity index (χ3v) is 10.8. The molecule has 4 heterocycles. The maximum atomic E-state index is 13.7. The van der Waals surface area contributed by atoms with Gasteiger partial charge in [-0.25, -0.2) is 14.8 Å². The Kier molecular flexibility index (Phi) is 9.05. The third kappa shape index (κ3) is 6.53. The Bertz CT molecular complexity index is 1580. The summed E-state index contributed by atoms with van der Waals surface area (Å²) in [5.41, 5.74) is 0.397. The van der Waals surface area contributed by atoms with E-state index in [2.05, 4.69) is 48.5 Å². The molecule has 4 aliphatic rings. The summed E-state index contributed by atoms with van der Waals surface area (Å²) in [6.07, 6.45) is 3.48. The predicted octanol–water partition coefficient (Wildman–Crippen LogP) is 5.61. The van der Waals surface area contributed by atoms with Crippen molar-refractivity contribution in [3.63, 3.8) is 0 Å². The zero-order valence-electron chi connectivity index (χ0n) is 29.3. The summed E-state index contributed by atoms with van der Waals surface area (Å²) in [6, 6.07) is 7.12. The standard InChI is InChI=1S/C36H48ClN7O4/c1-34(2,3)48-33(46)43-16-14-41(15-17-43)21-23-10-12-42(13-11-23)28-20-39-29-27(40-28)22-44(30(29)45)31-35(4,5)32(36(31,6)7)47-25-9-8-24(19-38)26(37)18-25/h8-9,18,20,23,31-32H,10-17,21-22H2,1-7H3. The maximum absolute atomic E-state index is 13.7. The summed E-state index contributed by atoms with van der Waals surface area (Å²) >= 11 is 6.27. The summed E-state index contributed by atoms with van der Waals surface area (Å²) in [5, 5.41) is 9.59. The Balaban J connectivity index is 1.03. The van der Waals surface area contributed by atoms with E-state index in [0.717, 1.165) is 57.1 Å². The lowest BCUT2D eigenvalue weighted by Crippen LogP contribution is -2.74. The van der Waals surface area contributed by atoms with E-state index in [1.807, 2.05) is 30.6 Å². The first kappa shape index (κ1) is 34.3. The van der Waals surface area contributed by atoms with Crippen molar-refractivity contribution in [1.29, 1.82) is 5.26 Å². The molecule has 0 N–H and O–H groups in total. The number of nitriles is 1. The maximum Gasteiger partial charge on any atom is 0.410 e. The van der Waals surface area contributed by atoms with Crippen LogP contribution in [0, 0.1) is 28.1 Å². The van der Waals surface area contributed by atoms with Crippen molar-refractivity contribution in [1.82, 2.24) is 24.7 Å². The molecule has 0 atom stereocenters. The summed E-state index contributed by atoms with van der Waals surface area (Å²) < 4.78 is 12.0. The highest BCUT2D eigenvalue weighted by atomic mass is 35.5. The van der Waals surface area contributed by atoms with Crippen LogP contribution in [0.15, 0.2) is 24.4 Å². The van der Waals surface area contributed by atoms with Crippen LogP contribution < -0.4 is 9.64 Å². The number of rotatable bonds is 6. The summed E-state index contributed by atoms with van der Waals surface area (Å²) in [7, 11) is 0. The molecule has 0 spiro atoms. The number of anilines is 1. The average molecular weight is 678 g/mol. The number of halogens is 1. The van der Waals surface area contributed by atoms with Gasteiger partial charge in [-0.15, -0.1) is 0 Å². The lowest BCUT2D eigenvalue weighted by Gasteiger charge is -2.65. The monoisotopic (exact) mass is 677 g/mol. The van der Waals surface area contributed by atoms with E-state index in [1.54, 1.807) is 24.4 Å². The Labute approximate surface area is 289 Å².